The van der Waals surface area contributed by atoms with E-state index in [9.17, 15) is 22.4 Å². The zero-order valence-electron chi connectivity index (χ0n) is 26.1. The van der Waals surface area contributed by atoms with Crippen LogP contribution in [-0.2, 0) is 4.79 Å². The van der Waals surface area contributed by atoms with Crippen molar-refractivity contribution in [2.75, 3.05) is 0 Å². The Kier molecular flexibility index (Phi) is 20.8. The molecule has 0 atom stereocenters. The summed E-state index contributed by atoms with van der Waals surface area (Å²) in [5.41, 5.74) is 2.04. The number of rotatable bonds is 9. The molecule has 1 aromatic carbocycles. The number of aliphatic hydroxyl groups excluding tert-OH is 1. The Balaban J connectivity index is 0. The van der Waals surface area contributed by atoms with Gasteiger partial charge in [-0.25, -0.2) is 4.39 Å². The van der Waals surface area contributed by atoms with Gasteiger partial charge >= 0.3 is 6.18 Å². The molecule has 1 N–H and O–H groups in total. The predicted molar refractivity (Wildman–Crippen MR) is 163 cm³/mol. The summed E-state index contributed by atoms with van der Waals surface area (Å²) in [4.78, 5) is 10.4. The lowest BCUT2D eigenvalue weighted by molar-refractivity contribution is -0.113. The standard InChI is InChI=1S/C13H13F3O.C13H19F.C6H10O2.C2H6/c1-4-10(11-5-6-17-8-11)7-12(9(2)3)13(14,15)16;1-3-5-11(6-4-2)12-7-9-13(14)10-8-12;1-4(5(2)7)6(3)8;1-2/h4-8H,2H2,1,3H3;7-11H,3-6H2,1-2H3;7H,1-3H3;1-2H3/b10-4+,12-7+;;5-4-;. The molecule has 0 aliphatic carbocycles. The molecule has 2 rings (SSSR count). The summed E-state index contributed by atoms with van der Waals surface area (Å²) in [5, 5.41) is 8.65. The first-order valence-electron chi connectivity index (χ1n) is 14.0. The van der Waals surface area contributed by atoms with Crippen LogP contribution in [-0.4, -0.2) is 17.1 Å². The van der Waals surface area contributed by atoms with E-state index in [1.807, 2.05) is 26.0 Å². The molecule has 2 aromatic rings. The van der Waals surface area contributed by atoms with Crippen LogP contribution in [0.1, 0.15) is 105 Å². The summed E-state index contributed by atoms with van der Waals surface area (Å²) < 4.78 is 55.8. The Morgan fingerprint density at radius 3 is 1.80 bits per heavy atom. The third-order valence-corrected chi connectivity index (χ3v) is 5.92. The van der Waals surface area contributed by atoms with Gasteiger partial charge in [-0.05, 0) is 94.4 Å². The molecule has 0 unspecified atom stereocenters. The van der Waals surface area contributed by atoms with E-state index in [-0.39, 0.29) is 22.9 Å². The quantitative estimate of drug-likeness (QED) is 0.139. The van der Waals surface area contributed by atoms with Crippen LogP contribution in [0.15, 0.2) is 88.5 Å². The molecule has 0 saturated heterocycles. The molecule has 0 saturated carbocycles. The van der Waals surface area contributed by atoms with Crippen molar-refractivity contribution in [3.05, 3.63) is 101 Å². The maximum Gasteiger partial charge on any atom is 0.416 e. The van der Waals surface area contributed by atoms with Gasteiger partial charge in [0.25, 0.3) is 0 Å². The molecule has 0 fully saturated rings. The number of aliphatic hydroxyl groups is 1. The number of benzene rings is 1. The maximum atomic E-state index is 12.7. The summed E-state index contributed by atoms with van der Waals surface area (Å²) in [6.45, 7) is 19.3. The second-order valence-electron chi connectivity index (χ2n) is 9.18. The Bertz CT molecular complexity index is 1090. The number of hydrogen-bond donors (Lipinski definition) is 1. The van der Waals surface area contributed by atoms with E-state index in [0.29, 0.717) is 22.6 Å². The summed E-state index contributed by atoms with van der Waals surface area (Å²) >= 11 is 0. The number of carbonyl (C=O) groups excluding carboxylic acids is 1. The summed E-state index contributed by atoms with van der Waals surface area (Å²) in [5.74, 6) is 0.508. The Hall–Kier alpha value is -3.35. The van der Waals surface area contributed by atoms with E-state index in [0.717, 1.165) is 6.08 Å². The molecule has 41 heavy (non-hydrogen) atoms. The highest BCUT2D eigenvalue weighted by Gasteiger charge is 2.34. The number of alkyl halides is 3. The van der Waals surface area contributed by atoms with E-state index in [1.165, 1.54) is 64.5 Å². The molecule has 0 amide bonds. The molecule has 0 aliphatic heterocycles. The zero-order valence-corrected chi connectivity index (χ0v) is 26.1. The second-order valence-corrected chi connectivity index (χ2v) is 9.18. The Morgan fingerprint density at radius 1 is 1.00 bits per heavy atom. The van der Waals surface area contributed by atoms with Crippen LogP contribution in [0.25, 0.3) is 5.57 Å². The highest BCUT2D eigenvalue weighted by Crippen LogP contribution is 2.33. The highest BCUT2D eigenvalue weighted by molar-refractivity contribution is 5.92. The van der Waals surface area contributed by atoms with Crippen molar-refractivity contribution in [3.8, 4) is 0 Å². The number of hydrogen-bond acceptors (Lipinski definition) is 3. The molecule has 230 valence electrons. The number of halogens is 4. The summed E-state index contributed by atoms with van der Waals surface area (Å²) in [6, 6.07) is 8.58. The van der Waals surface area contributed by atoms with Crippen LogP contribution in [0.5, 0.6) is 0 Å². The van der Waals surface area contributed by atoms with Crippen molar-refractivity contribution < 1.29 is 31.9 Å². The fraction of sp³-hybridized carbons (Fsp3) is 0.441. The normalized spacial score (nSPS) is 12.1. The Labute approximate surface area is 244 Å². The first-order chi connectivity index (χ1) is 19.2. The average molecular weight is 581 g/mol. The number of Topliss-reactive ketones (excluding diaryl/α,β-unsaturated/α-hetero) is 1. The number of carbonyl (C=O) groups is 1. The van der Waals surface area contributed by atoms with Gasteiger partial charge in [0.1, 0.15) is 5.82 Å². The molecule has 3 nitrogen and oxygen atoms in total. The number of allylic oxidation sites excluding steroid dienone is 7. The van der Waals surface area contributed by atoms with E-state index in [4.69, 9.17) is 9.52 Å². The number of ketones is 1. The second kappa shape index (κ2) is 21.4. The van der Waals surface area contributed by atoms with Gasteiger partial charge < -0.3 is 9.52 Å². The lowest BCUT2D eigenvalue weighted by atomic mass is 9.90. The first kappa shape index (κ1) is 39.8. The predicted octanol–water partition coefficient (Wildman–Crippen LogP) is 11.7. The summed E-state index contributed by atoms with van der Waals surface area (Å²) in [6.07, 6.45) is 5.90. The smallest absolute Gasteiger partial charge is 0.416 e. The van der Waals surface area contributed by atoms with Crippen LogP contribution in [0.3, 0.4) is 0 Å². The lowest BCUT2D eigenvalue weighted by Crippen LogP contribution is -2.12. The first-order valence-corrected chi connectivity index (χ1v) is 14.0. The van der Waals surface area contributed by atoms with Gasteiger partial charge in [-0.3, -0.25) is 4.79 Å². The zero-order chi connectivity index (χ0) is 32.2. The molecule has 1 heterocycles. The molecule has 7 heteroatoms. The highest BCUT2D eigenvalue weighted by atomic mass is 19.4. The van der Waals surface area contributed by atoms with Crippen molar-refractivity contribution >= 4 is 11.4 Å². The van der Waals surface area contributed by atoms with Crippen LogP contribution >= 0.6 is 0 Å². The SMILES string of the molecule is C=C(C)/C(=C\C(=C/C)c1ccoc1)C(F)(F)F.CC.CC(=O)/C(C)=C(/C)O.CCCC(CCC)c1ccc(F)cc1. The molecule has 0 spiro atoms. The molecule has 1 aromatic heterocycles. The van der Waals surface area contributed by atoms with Gasteiger partial charge in [0.05, 0.1) is 23.9 Å². The fourth-order valence-electron chi connectivity index (χ4n) is 3.53. The summed E-state index contributed by atoms with van der Waals surface area (Å²) in [7, 11) is 0. The third kappa shape index (κ3) is 16.5. The minimum Gasteiger partial charge on any atom is -0.512 e. The molecular weight excluding hydrogens is 532 g/mol. The van der Waals surface area contributed by atoms with E-state index >= 15 is 0 Å². The van der Waals surface area contributed by atoms with Gasteiger partial charge in [0.2, 0.25) is 0 Å². The monoisotopic (exact) mass is 580 g/mol. The van der Waals surface area contributed by atoms with Gasteiger partial charge in [-0.2, -0.15) is 13.2 Å². The molecule has 0 radical (unpaired) electrons. The fourth-order valence-corrected chi connectivity index (χ4v) is 3.53. The third-order valence-electron chi connectivity index (χ3n) is 5.92. The van der Waals surface area contributed by atoms with Crippen LogP contribution in [0, 0.1) is 5.82 Å². The van der Waals surface area contributed by atoms with Crippen molar-refractivity contribution in [1.82, 2.24) is 0 Å². The van der Waals surface area contributed by atoms with Crippen LogP contribution in [0.2, 0.25) is 0 Å². The number of furan rings is 1. The van der Waals surface area contributed by atoms with Crippen molar-refractivity contribution in [2.24, 2.45) is 0 Å². The van der Waals surface area contributed by atoms with Gasteiger partial charge in [-0.1, -0.05) is 65.3 Å². The lowest BCUT2D eigenvalue weighted by Gasteiger charge is -2.15. The van der Waals surface area contributed by atoms with Gasteiger partial charge in [-0.15, -0.1) is 0 Å². The van der Waals surface area contributed by atoms with E-state index in [1.54, 1.807) is 38.1 Å². The van der Waals surface area contributed by atoms with Gasteiger partial charge in [0, 0.05) is 11.1 Å². The van der Waals surface area contributed by atoms with E-state index in [2.05, 4.69) is 20.4 Å². The largest absolute Gasteiger partial charge is 0.512 e. The van der Waals surface area contributed by atoms with Crippen molar-refractivity contribution in [2.45, 2.75) is 100 Å². The minimum atomic E-state index is -4.40. The molecular formula is C34H48F4O3. The van der Waals surface area contributed by atoms with Crippen LogP contribution < -0.4 is 0 Å². The van der Waals surface area contributed by atoms with Gasteiger partial charge in [0.15, 0.2) is 5.78 Å². The minimum absolute atomic E-state index is 0.0136. The van der Waals surface area contributed by atoms with Crippen molar-refractivity contribution in [3.63, 3.8) is 0 Å². The van der Waals surface area contributed by atoms with Crippen LogP contribution in [0.4, 0.5) is 17.6 Å². The topological polar surface area (TPSA) is 50.4 Å². The Morgan fingerprint density at radius 2 is 1.51 bits per heavy atom. The maximum absolute atomic E-state index is 12.7. The van der Waals surface area contributed by atoms with Crippen molar-refractivity contribution in [1.29, 1.82) is 0 Å². The molecule has 0 aliphatic rings. The average Bonchev–Trinajstić information content (AvgIpc) is 3.45. The van der Waals surface area contributed by atoms with E-state index < -0.39 is 11.7 Å². The molecule has 0 bridgehead atoms.